The fraction of sp³-hybridized carbons (Fsp3) is 0. The van der Waals surface area contributed by atoms with Gasteiger partial charge >= 0.3 is 6.03 Å². The summed E-state index contributed by atoms with van der Waals surface area (Å²) >= 11 is 1.09. The highest BCUT2D eigenvalue weighted by Gasteiger charge is 2.01. The number of primary amides is 1. The second kappa shape index (κ2) is 2.98. The summed E-state index contributed by atoms with van der Waals surface area (Å²) in [6, 6.07) is -0.676. The van der Waals surface area contributed by atoms with E-state index in [0.717, 1.165) is 11.3 Å². The maximum atomic E-state index is 10.3. The van der Waals surface area contributed by atoms with Crippen molar-refractivity contribution in [3.05, 3.63) is 5.01 Å². The molecule has 0 aliphatic rings. The molecule has 56 valence electrons. The monoisotopic (exact) mass is 168 g/mol. The molecule has 0 saturated carbocycles. The van der Waals surface area contributed by atoms with E-state index in [1.54, 1.807) is 0 Å². The van der Waals surface area contributed by atoms with E-state index in [9.17, 15) is 4.79 Å². The predicted octanol–water partition coefficient (Wildman–Crippen LogP) is 0.0100. The van der Waals surface area contributed by atoms with Crippen LogP contribution < -0.4 is 11.1 Å². The van der Waals surface area contributed by atoms with Gasteiger partial charge in [-0.3, -0.25) is 5.32 Å². The zero-order valence-electron chi connectivity index (χ0n) is 5.37. The number of carbonyl (C=O) groups is 1. The summed E-state index contributed by atoms with van der Waals surface area (Å²) in [5.74, 6) is 2.27. The molecule has 6 heteroatoms. The molecule has 1 rings (SSSR count). The first-order valence-corrected chi connectivity index (χ1v) is 3.40. The van der Waals surface area contributed by atoms with Gasteiger partial charge in [0.2, 0.25) is 5.13 Å². The van der Waals surface area contributed by atoms with Gasteiger partial charge in [-0.1, -0.05) is 11.3 Å². The molecule has 0 radical (unpaired) electrons. The van der Waals surface area contributed by atoms with Crippen LogP contribution in [0, 0.1) is 12.3 Å². The number of hydrogen-bond donors (Lipinski definition) is 2. The molecule has 0 atom stereocenters. The SMILES string of the molecule is C#Cc1nnc(NC(N)=O)s1. The van der Waals surface area contributed by atoms with Crippen molar-refractivity contribution < 1.29 is 4.79 Å². The Bertz CT molecular complexity index is 313. The number of carbonyl (C=O) groups excluding carboxylic acids is 1. The highest BCUT2D eigenvalue weighted by molar-refractivity contribution is 7.15. The fourth-order valence-corrected chi connectivity index (χ4v) is 0.994. The topological polar surface area (TPSA) is 80.9 Å². The molecule has 0 saturated heterocycles. The van der Waals surface area contributed by atoms with Crippen molar-refractivity contribution in [2.45, 2.75) is 0 Å². The highest BCUT2D eigenvalue weighted by atomic mass is 32.1. The van der Waals surface area contributed by atoms with E-state index in [0.29, 0.717) is 10.1 Å². The third kappa shape index (κ3) is 1.91. The number of aromatic nitrogens is 2. The Hall–Kier alpha value is -1.61. The van der Waals surface area contributed by atoms with E-state index in [-0.39, 0.29) is 0 Å². The first-order valence-electron chi connectivity index (χ1n) is 2.59. The Kier molecular flexibility index (Phi) is 2.03. The second-order valence-corrected chi connectivity index (χ2v) is 2.52. The van der Waals surface area contributed by atoms with Gasteiger partial charge < -0.3 is 5.73 Å². The number of urea groups is 1. The van der Waals surface area contributed by atoms with Crippen LogP contribution in [0.15, 0.2) is 0 Å². The van der Waals surface area contributed by atoms with Gasteiger partial charge in [0.15, 0.2) is 5.01 Å². The molecule has 0 unspecified atom stereocenters. The molecule has 0 fully saturated rings. The molecular weight excluding hydrogens is 164 g/mol. The van der Waals surface area contributed by atoms with Crippen LogP contribution in [0.5, 0.6) is 0 Å². The molecule has 1 aromatic rings. The zero-order chi connectivity index (χ0) is 8.27. The Morgan fingerprint density at radius 2 is 2.45 bits per heavy atom. The summed E-state index contributed by atoms with van der Waals surface area (Å²) < 4.78 is 0. The van der Waals surface area contributed by atoms with Gasteiger partial charge in [0.25, 0.3) is 0 Å². The van der Waals surface area contributed by atoms with Crippen molar-refractivity contribution in [1.82, 2.24) is 10.2 Å². The van der Waals surface area contributed by atoms with Crippen LogP contribution in [-0.4, -0.2) is 16.2 Å². The average Bonchev–Trinajstić information content (AvgIpc) is 2.34. The number of rotatable bonds is 1. The Morgan fingerprint density at radius 1 is 1.73 bits per heavy atom. The van der Waals surface area contributed by atoms with E-state index in [1.807, 2.05) is 0 Å². The molecule has 5 nitrogen and oxygen atoms in total. The summed E-state index contributed by atoms with van der Waals surface area (Å²) in [4.78, 5) is 10.3. The van der Waals surface area contributed by atoms with E-state index < -0.39 is 6.03 Å². The minimum atomic E-state index is -0.676. The van der Waals surface area contributed by atoms with Crippen LogP contribution in [-0.2, 0) is 0 Å². The second-order valence-electron chi connectivity index (χ2n) is 1.55. The van der Waals surface area contributed by atoms with E-state index in [1.165, 1.54) is 0 Å². The lowest BCUT2D eigenvalue weighted by atomic mass is 10.8. The van der Waals surface area contributed by atoms with Gasteiger partial charge in [-0.25, -0.2) is 4.79 Å². The summed E-state index contributed by atoms with van der Waals surface area (Å²) in [5.41, 5.74) is 4.81. The summed E-state index contributed by atoms with van der Waals surface area (Å²) in [6.45, 7) is 0. The Morgan fingerprint density at radius 3 is 2.91 bits per heavy atom. The lowest BCUT2D eigenvalue weighted by Crippen LogP contribution is -2.18. The maximum Gasteiger partial charge on any atom is 0.318 e. The van der Waals surface area contributed by atoms with E-state index in [2.05, 4.69) is 21.4 Å². The third-order valence-corrected chi connectivity index (χ3v) is 1.55. The lowest BCUT2D eigenvalue weighted by Gasteiger charge is -1.89. The molecule has 2 amide bonds. The zero-order valence-corrected chi connectivity index (χ0v) is 6.18. The smallest absolute Gasteiger partial charge is 0.318 e. The number of terminal acetylenes is 1. The quantitative estimate of drug-likeness (QED) is 0.579. The number of amides is 2. The van der Waals surface area contributed by atoms with Crippen molar-refractivity contribution in [3.63, 3.8) is 0 Å². The van der Waals surface area contributed by atoms with Gasteiger partial charge in [0, 0.05) is 0 Å². The summed E-state index contributed by atoms with van der Waals surface area (Å²) in [6.07, 6.45) is 5.01. The molecule has 11 heavy (non-hydrogen) atoms. The van der Waals surface area contributed by atoms with Gasteiger partial charge in [-0.2, -0.15) is 0 Å². The standard InChI is InChI=1S/C5H4N4OS/c1-2-3-8-9-5(11-3)7-4(6)10/h1H,(H3,6,7,9,10). The molecule has 0 aromatic carbocycles. The van der Waals surface area contributed by atoms with Gasteiger partial charge in [0.1, 0.15) is 0 Å². The van der Waals surface area contributed by atoms with Crippen molar-refractivity contribution in [3.8, 4) is 12.3 Å². The molecule has 0 bridgehead atoms. The minimum absolute atomic E-state index is 0.311. The van der Waals surface area contributed by atoms with Crippen LogP contribution in [0.1, 0.15) is 5.01 Å². The lowest BCUT2D eigenvalue weighted by molar-refractivity contribution is 0.259. The van der Waals surface area contributed by atoms with Crippen molar-refractivity contribution >= 4 is 22.5 Å². The van der Waals surface area contributed by atoms with Crippen LogP contribution in [0.2, 0.25) is 0 Å². The van der Waals surface area contributed by atoms with Crippen LogP contribution in [0.4, 0.5) is 9.93 Å². The molecule has 0 spiro atoms. The minimum Gasteiger partial charge on any atom is -0.351 e. The first kappa shape index (κ1) is 7.50. The molecule has 1 heterocycles. The van der Waals surface area contributed by atoms with Gasteiger partial charge in [-0.05, 0) is 5.92 Å². The molecule has 0 aliphatic carbocycles. The number of hydrogen-bond acceptors (Lipinski definition) is 4. The van der Waals surface area contributed by atoms with Crippen molar-refractivity contribution in [1.29, 1.82) is 0 Å². The van der Waals surface area contributed by atoms with Crippen molar-refractivity contribution in [2.75, 3.05) is 5.32 Å². The molecule has 0 aliphatic heterocycles. The van der Waals surface area contributed by atoms with Crippen LogP contribution in [0.3, 0.4) is 0 Å². The number of nitrogens with one attached hydrogen (secondary N) is 1. The van der Waals surface area contributed by atoms with Gasteiger partial charge in [0.05, 0.1) is 0 Å². The van der Waals surface area contributed by atoms with Crippen LogP contribution in [0.25, 0.3) is 0 Å². The predicted molar refractivity (Wildman–Crippen MR) is 41.1 cm³/mol. The van der Waals surface area contributed by atoms with Crippen LogP contribution >= 0.6 is 11.3 Å². The largest absolute Gasteiger partial charge is 0.351 e. The normalized spacial score (nSPS) is 8.64. The van der Waals surface area contributed by atoms with Crippen molar-refractivity contribution in [2.24, 2.45) is 5.73 Å². The average molecular weight is 168 g/mol. The summed E-state index contributed by atoms with van der Waals surface area (Å²) in [7, 11) is 0. The molecule has 1 aromatic heterocycles. The first-order chi connectivity index (χ1) is 5.22. The third-order valence-electron chi connectivity index (χ3n) is 0.779. The Balaban J connectivity index is 2.75. The molecular formula is C5H4N4OS. The maximum absolute atomic E-state index is 10.3. The van der Waals surface area contributed by atoms with Gasteiger partial charge in [-0.15, -0.1) is 16.6 Å². The summed E-state index contributed by atoms with van der Waals surface area (Å²) in [5, 5.41) is 10.1. The number of nitrogens with zero attached hydrogens (tertiary/aromatic N) is 2. The highest BCUT2D eigenvalue weighted by Crippen LogP contribution is 2.12. The fourth-order valence-electron chi connectivity index (χ4n) is 0.437. The van der Waals surface area contributed by atoms with E-state index >= 15 is 0 Å². The Labute approximate surface area is 66.6 Å². The van der Waals surface area contributed by atoms with E-state index in [4.69, 9.17) is 12.2 Å². The number of nitrogens with two attached hydrogens (primary N) is 1. The number of anilines is 1. The molecule has 3 N–H and O–H groups in total.